The highest BCUT2D eigenvalue weighted by atomic mass is 35.5. The number of allylic oxidation sites excluding steroid dienone is 1. The van der Waals surface area contributed by atoms with Gasteiger partial charge in [0.25, 0.3) is 0 Å². The van der Waals surface area contributed by atoms with Gasteiger partial charge >= 0.3 is 11.9 Å². The molecule has 224 valence electrons. The molecule has 1 saturated carbocycles. The summed E-state index contributed by atoms with van der Waals surface area (Å²) in [5, 5.41) is 11.0. The van der Waals surface area contributed by atoms with Gasteiger partial charge in [0.1, 0.15) is 28.3 Å². The molecule has 1 fully saturated rings. The average molecular weight is 622 g/mol. The molecule has 0 saturated heterocycles. The third-order valence-electron chi connectivity index (χ3n) is 7.67. The van der Waals surface area contributed by atoms with Crippen molar-refractivity contribution in [3.05, 3.63) is 113 Å². The van der Waals surface area contributed by atoms with Gasteiger partial charge in [-0.25, -0.2) is 0 Å². The second-order valence-electron chi connectivity index (χ2n) is 11.0. The maximum Gasteiger partial charge on any atom is 0.310 e. The van der Waals surface area contributed by atoms with Crippen molar-refractivity contribution in [1.29, 1.82) is 0 Å². The van der Waals surface area contributed by atoms with Gasteiger partial charge in [-0.1, -0.05) is 91.6 Å². The second kappa shape index (κ2) is 14.0. The van der Waals surface area contributed by atoms with Crippen LogP contribution in [0.3, 0.4) is 0 Å². The van der Waals surface area contributed by atoms with Gasteiger partial charge in [-0.15, -0.1) is 0 Å². The maximum atomic E-state index is 12.4. The predicted molar refractivity (Wildman–Crippen MR) is 170 cm³/mol. The molecular weight excluding hydrogens is 587 g/mol. The lowest BCUT2D eigenvalue weighted by atomic mass is 9.98. The number of ether oxygens (including phenoxy) is 3. The van der Waals surface area contributed by atoms with Crippen LogP contribution in [0.25, 0.3) is 10.8 Å². The van der Waals surface area contributed by atoms with Gasteiger partial charge in [0.05, 0.1) is 18.9 Å². The fourth-order valence-electron chi connectivity index (χ4n) is 4.92. The molecule has 43 heavy (non-hydrogen) atoms. The lowest BCUT2D eigenvalue weighted by Crippen LogP contribution is -2.10. The summed E-state index contributed by atoms with van der Waals surface area (Å²) in [5.74, 6) is 0.516. The number of hydrogen-bond acceptors (Lipinski definition) is 5. The highest BCUT2D eigenvalue weighted by Gasteiger charge is 2.61. The lowest BCUT2D eigenvalue weighted by molar-refractivity contribution is -0.147. The number of hydrogen-bond donors (Lipinski definition) is 1. The number of aliphatic carboxylic acids is 1. The molecule has 3 atom stereocenters. The van der Waals surface area contributed by atoms with Crippen molar-refractivity contribution in [2.24, 2.45) is 17.3 Å². The molecule has 2 unspecified atom stereocenters. The quantitative estimate of drug-likeness (QED) is 0.188. The van der Waals surface area contributed by atoms with Gasteiger partial charge in [-0.2, -0.15) is 0 Å². The molecular formula is C35H34Cl2O6. The van der Waals surface area contributed by atoms with Gasteiger partial charge in [0, 0.05) is 0 Å². The molecule has 4 aromatic carbocycles. The van der Waals surface area contributed by atoms with E-state index in [1.54, 1.807) is 20.1 Å². The van der Waals surface area contributed by atoms with E-state index in [1.165, 1.54) is 0 Å². The Kier molecular flexibility index (Phi) is 10.4. The van der Waals surface area contributed by atoms with Gasteiger partial charge in [0.15, 0.2) is 0 Å². The zero-order valence-corrected chi connectivity index (χ0v) is 25.9. The fraction of sp³-hybridized carbons (Fsp3) is 0.257. The van der Waals surface area contributed by atoms with E-state index in [4.69, 9.17) is 42.5 Å². The van der Waals surface area contributed by atoms with Crippen LogP contribution in [0.4, 0.5) is 0 Å². The number of carbonyl (C=O) groups excluding carboxylic acids is 1. The smallest absolute Gasteiger partial charge is 0.310 e. The second-order valence-corrected chi connectivity index (χ2v) is 12.0. The van der Waals surface area contributed by atoms with E-state index < -0.39 is 11.9 Å². The van der Waals surface area contributed by atoms with Crippen LogP contribution < -0.4 is 9.47 Å². The summed E-state index contributed by atoms with van der Waals surface area (Å²) in [5.41, 5.74) is 1.49. The van der Waals surface area contributed by atoms with Gasteiger partial charge in [-0.05, 0) is 82.6 Å². The molecule has 0 heterocycles. The van der Waals surface area contributed by atoms with Crippen LogP contribution in [0.1, 0.15) is 37.8 Å². The van der Waals surface area contributed by atoms with Gasteiger partial charge in [-0.3, -0.25) is 9.59 Å². The van der Waals surface area contributed by atoms with Crippen molar-refractivity contribution in [2.45, 2.75) is 33.3 Å². The Morgan fingerprint density at radius 1 is 0.884 bits per heavy atom. The summed E-state index contributed by atoms with van der Waals surface area (Å²) in [6, 6.07) is 28.5. The van der Waals surface area contributed by atoms with Crippen LogP contribution in [0.15, 0.2) is 102 Å². The molecule has 1 N–H and O–H groups in total. The number of carbonyl (C=O) groups is 2. The molecule has 0 amide bonds. The number of halogens is 2. The number of rotatable bonds is 9. The third kappa shape index (κ3) is 8.31. The van der Waals surface area contributed by atoms with Gasteiger partial charge < -0.3 is 19.3 Å². The van der Waals surface area contributed by atoms with Gasteiger partial charge in [0.2, 0.25) is 0 Å². The summed E-state index contributed by atoms with van der Waals surface area (Å²) < 4.78 is 16.6. The number of fused-ring (bicyclic) bond motifs is 1. The molecule has 6 nitrogen and oxygen atoms in total. The number of methoxy groups -OCH3 is 1. The van der Waals surface area contributed by atoms with Crippen molar-refractivity contribution in [3.8, 4) is 17.2 Å². The summed E-state index contributed by atoms with van der Waals surface area (Å²) in [6.07, 6.45) is 1.71. The zero-order chi connectivity index (χ0) is 31.1. The highest BCUT2D eigenvalue weighted by molar-refractivity contribution is 6.55. The number of carboxylic acid groups (broad SMARTS) is 1. The third-order valence-corrected chi connectivity index (χ3v) is 7.92. The molecule has 0 aromatic heterocycles. The Balaban J connectivity index is 0.000000215. The molecule has 0 radical (unpaired) electrons. The molecule has 4 aromatic rings. The first-order valence-electron chi connectivity index (χ1n) is 13.8. The van der Waals surface area contributed by atoms with E-state index in [2.05, 4.69) is 0 Å². The van der Waals surface area contributed by atoms with E-state index in [-0.39, 0.29) is 34.3 Å². The molecule has 1 aliphatic rings. The summed E-state index contributed by atoms with van der Waals surface area (Å²) in [4.78, 5) is 23.3. The summed E-state index contributed by atoms with van der Waals surface area (Å²) >= 11 is 11.5. The van der Waals surface area contributed by atoms with Crippen LogP contribution in [-0.2, 0) is 20.9 Å². The van der Waals surface area contributed by atoms with Crippen molar-refractivity contribution in [1.82, 2.24) is 0 Å². The van der Waals surface area contributed by atoms with Crippen LogP contribution in [0, 0.1) is 17.3 Å². The SMILES string of the molecule is CC1(C)C(C=C(Cl)Cl)C1C(=O)OCc1cccc(Oc2ccccc2)c1.COc1ccc2cc([C@H](C)C(=O)O)ccc2c1. The Morgan fingerprint density at radius 2 is 1.56 bits per heavy atom. The Bertz CT molecular complexity index is 1610. The van der Waals surface area contributed by atoms with Crippen molar-refractivity contribution < 1.29 is 28.9 Å². The first kappa shape index (κ1) is 31.9. The number of benzene rings is 4. The van der Waals surface area contributed by atoms with Crippen LogP contribution >= 0.6 is 23.2 Å². The Hall–Kier alpha value is -4.00. The van der Waals surface area contributed by atoms with E-state index >= 15 is 0 Å². The summed E-state index contributed by atoms with van der Waals surface area (Å²) in [6.45, 7) is 5.89. The topological polar surface area (TPSA) is 82.1 Å². The van der Waals surface area contributed by atoms with Crippen molar-refractivity contribution in [3.63, 3.8) is 0 Å². The normalized spacial score (nSPS) is 17.1. The number of esters is 1. The largest absolute Gasteiger partial charge is 0.497 e. The van der Waals surface area contributed by atoms with E-state index in [9.17, 15) is 9.59 Å². The molecule has 0 spiro atoms. The standard InChI is InChI=1S/C21H20Cl2O3.C14H14O3/c1-21(2)17(12-18(22)23)19(21)20(24)25-13-14-7-6-10-16(11-14)26-15-8-4-3-5-9-15;1-9(14(15)16)10-3-4-12-8-13(17-2)6-5-11(12)7-10/h3-12,17,19H,13H2,1-2H3;3-9H,1-2H3,(H,15,16)/t;9-/m.0/s1. The minimum atomic E-state index is -0.808. The molecule has 1 aliphatic carbocycles. The Morgan fingerprint density at radius 3 is 2.23 bits per heavy atom. The van der Waals surface area contributed by atoms with E-state index in [1.807, 2.05) is 105 Å². The molecule has 8 heteroatoms. The van der Waals surface area contributed by atoms with Crippen LogP contribution in [0.5, 0.6) is 17.2 Å². The fourth-order valence-corrected chi connectivity index (χ4v) is 5.19. The minimum Gasteiger partial charge on any atom is -0.497 e. The summed E-state index contributed by atoms with van der Waals surface area (Å²) in [7, 11) is 1.63. The monoisotopic (exact) mass is 620 g/mol. The van der Waals surface area contributed by atoms with Crippen LogP contribution in [-0.4, -0.2) is 24.2 Å². The molecule has 0 aliphatic heterocycles. The molecule has 0 bridgehead atoms. The first-order valence-corrected chi connectivity index (χ1v) is 14.6. The maximum absolute atomic E-state index is 12.4. The zero-order valence-electron chi connectivity index (χ0n) is 24.4. The Labute approximate surface area is 261 Å². The van der Waals surface area contributed by atoms with E-state index in [0.717, 1.165) is 33.4 Å². The van der Waals surface area contributed by atoms with Crippen LogP contribution in [0.2, 0.25) is 0 Å². The highest BCUT2D eigenvalue weighted by Crippen LogP contribution is 2.60. The van der Waals surface area contributed by atoms with Crippen molar-refractivity contribution in [2.75, 3.05) is 7.11 Å². The number of para-hydroxylation sites is 1. The van der Waals surface area contributed by atoms with E-state index in [0.29, 0.717) is 5.75 Å². The lowest BCUT2D eigenvalue weighted by Gasteiger charge is -2.09. The molecule has 5 rings (SSSR count). The minimum absolute atomic E-state index is 0.00717. The van der Waals surface area contributed by atoms with Crippen molar-refractivity contribution >= 4 is 45.9 Å². The number of carboxylic acids is 1. The predicted octanol–water partition coefficient (Wildman–Crippen LogP) is 9.15. The first-order chi connectivity index (χ1) is 20.5. The average Bonchev–Trinajstić information content (AvgIpc) is 3.54.